The van der Waals surface area contributed by atoms with Gasteiger partial charge in [-0.25, -0.2) is 0 Å². The molecule has 0 rings (SSSR count). The molecule has 0 aliphatic heterocycles. The minimum Gasteiger partial charge on any atom is -0.481 e. The molecule has 0 saturated carbocycles. The van der Waals surface area contributed by atoms with Gasteiger partial charge in [-0.15, -0.1) is 0 Å². The fourth-order valence-corrected chi connectivity index (χ4v) is 3.62. The van der Waals surface area contributed by atoms with Crippen molar-refractivity contribution in [3.05, 3.63) is 11.6 Å². The smallest absolute Gasteiger partial charge is 0.304 e. The SMILES string of the molecule is CCCCC(/C=C(\C)CSSCCC(=O)O)CO. The van der Waals surface area contributed by atoms with Crippen molar-refractivity contribution in [1.29, 1.82) is 0 Å². The zero-order chi connectivity index (χ0) is 13.8. The molecule has 0 aromatic rings. The van der Waals surface area contributed by atoms with Gasteiger partial charge < -0.3 is 10.2 Å². The van der Waals surface area contributed by atoms with E-state index in [0.717, 1.165) is 25.0 Å². The lowest BCUT2D eigenvalue weighted by molar-refractivity contribution is -0.136. The molecule has 1 atom stereocenters. The molecule has 0 amide bonds. The molecule has 106 valence electrons. The van der Waals surface area contributed by atoms with Crippen LogP contribution in [0.3, 0.4) is 0 Å². The van der Waals surface area contributed by atoms with Crippen molar-refractivity contribution in [2.24, 2.45) is 5.92 Å². The Balaban J connectivity index is 3.76. The van der Waals surface area contributed by atoms with Crippen molar-refractivity contribution < 1.29 is 15.0 Å². The molecule has 5 heteroatoms. The largest absolute Gasteiger partial charge is 0.481 e. The summed E-state index contributed by atoms with van der Waals surface area (Å²) in [5, 5.41) is 17.7. The van der Waals surface area contributed by atoms with Gasteiger partial charge in [-0.1, -0.05) is 53.0 Å². The quantitative estimate of drug-likeness (QED) is 0.346. The highest BCUT2D eigenvalue weighted by Crippen LogP contribution is 2.25. The highest BCUT2D eigenvalue weighted by atomic mass is 33.1. The monoisotopic (exact) mass is 292 g/mol. The third-order valence-corrected chi connectivity index (χ3v) is 4.92. The van der Waals surface area contributed by atoms with Crippen LogP contribution in [0, 0.1) is 5.92 Å². The van der Waals surface area contributed by atoms with Crippen LogP contribution in [0.15, 0.2) is 11.6 Å². The first-order valence-corrected chi connectivity index (χ1v) is 8.83. The molecule has 3 nitrogen and oxygen atoms in total. The van der Waals surface area contributed by atoms with Crippen LogP contribution >= 0.6 is 21.6 Å². The second-order valence-corrected chi connectivity index (χ2v) is 6.91. The van der Waals surface area contributed by atoms with Gasteiger partial charge >= 0.3 is 5.97 Å². The first-order valence-electron chi connectivity index (χ1n) is 6.34. The zero-order valence-electron chi connectivity index (χ0n) is 11.2. The first-order chi connectivity index (χ1) is 8.60. The van der Waals surface area contributed by atoms with E-state index < -0.39 is 5.97 Å². The normalized spacial score (nSPS) is 13.6. The molecule has 0 radical (unpaired) electrons. The van der Waals surface area contributed by atoms with Crippen molar-refractivity contribution in [2.45, 2.75) is 39.5 Å². The number of carbonyl (C=O) groups is 1. The Labute approximate surface area is 118 Å². The Morgan fingerprint density at radius 1 is 1.39 bits per heavy atom. The third-order valence-electron chi connectivity index (χ3n) is 2.45. The van der Waals surface area contributed by atoms with Gasteiger partial charge in [0.15, 0.2) is 0 Å². The minimum atomic E-state index is -0.740. The van der Waals surface area contributed by atoms with E-state index in [4.69, 9.17) is 5.11 Å². The standard InChI is InChI=1S/C13H24O3S2/c1-3-4-5-12(9-14)8-11(2)10-18-17-7-6-13(15)16/h8,12,14H,3-7,9-10H2,1-2H3,(H,15,16)/b11-8+. The van der Waals surface area contributed by atoms with Crippen LogP contribution in [0.1, 0.15) is 39.5 Å². The van der Waals surface area contributed by atoms with Crippen LogP contribution in [0.5, 0.6) is 0 Å². The fourth-order valence-electron chi connectivity index (χ4n) is 1.47. The van der Waals surface area contributed by atoms with E-state index in [1.165, 1.54) is 5.57 Å². The molecule has 0 aliphatic rings. The van der Waals surface area contributed by atoms with Gasteiger partial charge in [0, 0.05) is 24.0 Å². The number of rotatable bonds is 11. The molecule has 0 aromatic carbocycles. The summed E-state index contributed by atoms with van der Waals surface area (Å²) in [7, 11) is 3.28. The van der Waals surface area contributed by atoms with Crippen LogP contribution in [0.2, 0.25) is 0 Å². The second kappa shape index (κ2) is 11.9. The number of hydrogen-bond acceptors (Lipinski definition) is 4. The molecule has 0 saturated heterocycles. The molecule has 0 aliphatic carbocycles. The molecule has 2 N–H and O–H groups in total. The summed E-state index contributed by atoms with van der Waals surface area (Å²) in [6, 6.07) is 0. The summed E-state index contributed by atoms with van der Waals surface area (Å²) in [6.45, 7) is 4.44. The van der Waals surface area contributed by atoms with E-state index in [-0.39, 0.29) is 18.9 Å². The topological polar surface area (TPSA) is 57.5 Å². The summed E-state index contributed by atoms with van der Waals surface area (Å²) < 4.78 is 0. The van der Waals surface area contributed by atoms with E-state index >= 15 is 0 Å². The molecule has 0 aromatic heterocycles. The molecule has 0 heterocycles. The maximum atomic E-state index is 10.3. The molecular formula is C13H24O3S2. The lowest BCUT2D eigenvalue weighted by atomic mass is 10.0. The molecular weight excluding hydrogens is 268 g/mol. The average Bonchev–Trinajstić information content (AvgIpc) is 2.33. The van der Waals surface area contributed by atoms with Crippen molar-refractivity contribution in [3.63, 3.8) is 0 Å². The van der Waals surface area contributed by atoms with Crippen molar-refractivity contribution in [3.8, 4) is 0 Å². The predicted octanol–water partition coefficient (Wildman–Crippen LogP) is 3.59. The minimum absolute atomic E-state index is 0.216. The van der Waals surface area contributed by atoms with Gasteiger partial charge in [0.2, 0.25) is 0 Å². The van der Waals surface area contributed by atoms with E-state index in [2.05, 4.69) is 19.9 Å². The molecule has 0 bridgehead atoms. The van der Waals surface area contributed by atoms with E-state index in [9.17, 15) is 9.90 Å². The highest BCUT2D eigenvalue weighted by Gasteiger charge is 2.04. The van der Waals surface area contributed by atoms with Crippen LogP contribution < -0.4 is 0 Å². The van der Waals surface area contributed by atoms with Crippen LogP contribution in [-0.2, 0) is 4.79 Å². The maximum absolute atomic E-state index is 10.3. The van der Waals surface area contributed by atoms with Gasteiger partial charge in [-0.3, -0.25) is 4.79 Å². The maximum Gasteiger partial charge on any atom is 0.304 e. The Bertz CT molecular complexity index is 255. The number of aliphatic hydroxyl groups excluding tert-OH is 1. The van der Waals surface area contributed by atoms with Crippen LogP contribution in [-0.4, -0.2) is 34.3 Å². The van der Waals surface area contributed by atoms with Crippen molar-refractivity contribution in [1.82, 2.24) is 0 Å². The molecule has 18 heavy (non-hydrogen) atoms. The van der Waals surface area contributed by atoms with Gasteiger partial charge in [-0.05, 0) is 13.3 Å². The molecule has 1 unspecified atom stereocenters. The van der Waals surface area contributed by atoms with Crippen LogP contribution in [0.25, 0.3) is 0 Å². The number of carboxylic acids is 1. The third kappa shape index (κ3) is 11.0. The second-order valence-electron chi connectivity index (χ2n) is 4.33. The number of aliphatic hydroxyl groups is 1. The average molecular weight is 292 g/mol. The van der Waals surface area contributed by atoms with E-state index in [1.54, 1.807) is 21.6 Å². The van der Waals surface area contributed by atoms with Gasteiger partial charge in [0.05, 0.1) is 6.42 Å². The first kappa shape index (κ1) is 17.9. The van der Waals surface area contributed by atoms with Crippen molar-refractivity contribution in [2.75, 3.05) is 18.1 Å². The Kier molecular flexibility index (Phi) is 11.8. The fraction of sp³-hybridized carbons (Fsp3) is 0.769. The number of unbranched alkanes of at least 4 members (excludes halogenated alkanes) is 1. The Hall–Kier alpha value is -0.130. The lowest BCUT2D eigenvalue weighted by Gasteiger charge is -2.10. The number of carboxylic acid groups (broad SMARTS) is 1. The molecule has 0 spiro atoms. The van der Waals surface area contributed by atoms with Gasteiger partial charge in [0.1, 0.15) is 0 Å². The van der Waals surface area contributed by atoms with Crippen molar-refractivity contribution >= 4 is 27.6 Å². The summed E-state index contributed by atoms with van der Waals surface area (Å²) in [4.78, 5) is 10.3. The summed E-state index contributed by atoms with van der Waals surface area (Å²) in [5.74, 6) is 1.07. The van der Waals surface area contributed by atoms with Crippen LogP contribution in [0.4, 0.5) is 0 Å². The van der Waals surface area contributed by atoms with Gasteiger partial charge in [0.25, 0.3) is 0 Å². The summed E-state index contributed by atoms with van der Waals surface area (Å²) >= 11 is 0. The lowest BCUT2D eigenvalue weighted by Crippen LogP contribution is -2.03. The number of hydrogen-bond donors (Lipinski definition) is 2. The summed E-state index contributed by atoms with van der Waals surface area (Å²) in [5.41, 5.74) is 1.26. The Morgan fingerprint density at radius 2 is 2.11 bits per heavy atom. The molecule has 0 fully saturated rings. The Morgan fingerprint density at radius 3 is 2.67 bits per heavy atom. The predicted molar refractivity (Wildman–Crippen MR) is 81.0 cm³/mol. The zero-order valence-corrected chi connectivity index (χ0v) is 12.9. The van der Waals surface area contributed by atoms with E-state index in [0.29, 0.717) is 5.75 Å². The summed E-state index contributed by atoms with van der Waals surface area (Å²) in [6.07, 6.45) is 5.72. The van der Waals surface area contributed by atoms with Gasteiger partial charge in [-0.2, -0.15) is 0 Å². The van der Waals surface area contributed by atoms with E-state index in [1.807, 2.05) is 0 Å². The highest BCUT2D eigenvalue weighted by molar-refractivity contribution is 8.76. The number of aliphatic carboxylic acids is 1.